The van der Waals surface area contributed by atoms with Crippen LogP contribution in [-0.4, -0.2) is 10.3 Å². The summed E-state index contributed by atoms with van der Waals surface area (Å²) < 4.78 is 5.41. The Hall–Kier alpha value is -1.81. The van der Waals surface area contributed by atoms with Crippen molar-refractivity contribution in [2.24, 2.45) is 0 Å². The van der Waals surface area contributed by atoms with Crippen molar-refractivity contribution < 1.29 is 9.63 Å². The molecule has 0 fully saturated rings. The molecule has 0 aliphatic rings. The SMILES string of the molecule is OCc1c(-c2ccccc2)noc1-c1ccc(Cl)c(Cl)c1. The molecule has 3 aromatic rings. The first-order valence-corrected chi connectivity index (χ1v) is 7.06. The molecule has 0 amide bonds. The Morgan fingerprint density at radius 1 is 0.952 bits per heavy atom. The summed E-state index contributed by atoms with van der Waals surface area (Å²) in [5.74, 6) is 0.495. The molecule has 0 saturated carbocycles. The first-order valence-electron chi connectivity index (χ1n) is 6.31. The molecule has 3 rings (SSSR count). The summed E-state index contributed by atoms with van der Waals surface area (Å²) in [7, 11) is 0. The lowest BCUT2D eigenvalue weighted by atomic mass is 10.0. The van der Waals surface area contributed by atoms with Gasteiger partial charge in [-0.25, -0.2) is 0 Å². The van der Waals surface area contributed by atoms with Crippen LogP contribution in [0.2, 0.25) is 10.0 Å². The minimum Gasteiger partial charge on any atom is -0.391 e. The molecule has 0 radical (unpaired) electrons. The number of aliphatic hydroxyl groups excluding tert-OH is 1. The van der Waals surface area contributed by atoms with Crippen molar-refractivity contribution in [1.29, 1.82) is 0 Å². The molecule has 1 aromatic heterocycles. The van der Waals surface area contributed by atoms with Crippen molar-refractivity contribution in [2.45, 2.75) is 6.61 Å². The summed E-state index contributed by atoms with van der Waals surface area (Å²) in [6, 6.07) is 14.7. The van der Waals surface area contributed by atoms with Crippen LogP contribution in [0, 0.1) is 0 Å². The van der Waals surface area contributed by atoms with E-state index in [0.717, 1.165) is 11.1 Å². The normalized spacial score (nSPS) is 10.8. The number of aromatic nitrogens is 1. The molecular formula is C16H11Cl2NO2. The standard InChI is InChI=1S/C16H11Cl2NO2/c17-13-7-6-11(8-14(13)18)16-12(9-20)15(19-21-16)10-4-2-1-3-5-10/h1-8,20H,9H2. The van der Waals surface area contributed by atoms with Gasteiger partial charge in [0.1, 0.15) is 5.69 Å². The fourth-order valence-corrected chi connectivity index (χ4v) is 2.44. The van der Waals surface area contributed by atoms with Gasteiger partial charge >= 0.3 is 0 Å². The zero-order valence-corrected chi connectivity index (χ0v) is 12.4. The summed E-state index contributed by atoms with van der Waals surface area (Å²) in [5.41, 5.74) is 2.86. The van der Waals surface area contributed by atoms with E-state index >= 15 is 0 Å². The van der Waals surface area contributed by atoms with Gasteiger partial charge in [0.2, 0.25) is 0 Å². The van der Waals surface area contributed by atoms with Crippen molar-refractivity contribution in [2.75, 3.05) is 0 Å². The van der Waals surface area contributed by atoms with E-state index < -0.39 is 0 Å². The second-order valence-corrected chi connectivity index (χ2v) is 5.31. The van der Waals surface area contributed by atoms with Crippen molar-refractivity contribution in [3.63, 3.8) is 0 Å². The molecule has 0 aliphatic carbocycles. The van der Waals surface area contributed by atoms with Crippen LogP contribution in [0.5, 0.6) is 0 Å². The molecule has 1 heterocycles. The number of hydrogen-bond acceptors (Lipinski definition) is 3. The third-order valence-electron chi connectivity index (χ3n) is 3.18. The maximum Gasteiger partial charge on any atom is 0.173 e. The predicted octanol–water partition coefficient (Wildman–Crippen LogP) is 4.81. The van der Waals surface area contributed by atoms with Gasteiger partial charge in [0.25, 0.3) is 0 Å². The van der Waals surface area contributed by atoms with Crippen LogP contribution in [0.4, 0.5) is 0 Å². The van der Waals surface area contributed by atoms with Gasteiger partial charge in [0.15, 0.2) is 5.76 Å². The van der Waals surface area contributed by atoms with Crippen LogP contribution in [-0.2, 0) is 6.61 Å². The summed E-state index contributed by atoms with van der Waals surface area (Å²) in [6.45, 7) is -0.177. The molecule has 2 aromatic carbocycles. The van der Waals surface area contributed by atoms with Gasteiger partial charge in [-0.05, 0) is 18.2 Å². The first kappa shape index (κ1) is 14.1. The highest BCUT2D eigenvalue weighted by atomic mass is 35.5. The van der Waals surface area contributed by atoms with Crippen molar-refractivity contribution in [1.82, 2.24) is 5.16 Å². The Bertz CT molecular complexity index is 769. The minimum absolute atomic E-state index is 0.177. The molecule has 0 unspecified atom stereocenters. The Kier molecular flexibility index (Phi) is 3.97. The molecule has 0 aliphatic heterocycles. The number of rotatable bonds is 3. The molecule has 106 valence electrons. The van der Waals surface area contributed by atoms with E-state index in [1.165, 1.54) is 0 Å². The third-order valence-corrected chi connectivity index (χ3v) is 3.91. The van der Waals surface area contributed by atoms with E-state index in [1.54, 1.807) is 18.2 Å². The maximum absolute atomic E-state index is 9.68. The Balaban J connectivity index is 2.12. The van der Waals surface area contributed by atoms with Crippen LogP contribution in [0.3, 0.4) is 0 Å². The Morgan fingerprint density at radius 3 is 2.38 bits per heavy atom. The molecular weight excluding hydrogens is 309 g/mol. The molecule has 0 spiro atoms. The van der Waals surface area contributed by atoms with E-state index in [9.17, 15) is 5.11 Å². The van der Waals surface area contributed by atoms with Gasteiger partial charge in [0, 0.05) is 11.1 Å². The van der Waals surface area contributed by atoms with Crippen molar-refractivity contribution in [3.8, 4) is 22.6 Å². The van der Waals surface area contributed by atoms with Gasteiger partial charge in [-0.3, -0.25) is 0 Å². The van der Waals surface area contributed by atoms with Gasteiger partial charge in [-0.1, -0.05) is 58.7 Å². The molecule has 1 N–H and O–H groups in total. The second kappa shape index (κ2) is 5.90. The van der Waals surface area contributed by atoms with E-state index in [1.807, 2.05) is 30.3 Å². The van der Waals surface area contributed by atoms with E-state index in [2.05, 4.69) is 5.16 Å². The van der Waals surface area contributed by atoms with Gasteiger partial charge in [0.05, 0.1) is 22.2 Å². The number of aliphatic hydroxyl groups is 1. The van der Waals surface area contributed by atoms with Crippen LogP contribution in [0.1, 0.15) is 5.56 Å². The second-order valence-electron chi connectivity index (χ2n) is 4.49. The van der Waals surface area contributed by atoms with Crippen LogP contribution >= 0.6 is 23.2 Å². The number of nitrogens with zero attached hydrogens (tertiary/aromatic N) is 1. The monoisotopic (exact) mass is 319 g/mol. The summed E-state index contributed by atoms with van der Waals surface area (Å²) in [6.07, 6.45) is 0. The van der Waals surface area contributed by atoms with E-state index in [0.29, 0.717) is 27.1 Å². The molecule has 21 heavy (non-hydrogen) atoms. The average Bonchev–Trinajstić information content (AvgIpc) is 2.94. The first-order chi connectivity index (χ1) is 10.2. The lowest BCUT2D eigenvalue weighted by Crippen LogP contribution is -1.89. The molecule has 0 bridgehead atoms. The number of benzene rings is 2. The van der Waals surface area contributed by atoms with E-state index in [4.69, 9.17) is 27.7 Å². The quantitative estimate of drug-likeness (QED) is 0.753. The van der Waals surface area contributed by atoms with Crippen molar-refractivity contribution in [3.05, 3.63) is 64.1 Å². The molecule has 5 heteroatoms. The highest BCUT2D eigenvalue weighted by Gasteiger charge is 2.18. The number of hydrogen-bond donors (Lipinski definition) is 1. The van der Waals surface area contributed by atoms with Crippen LogP contribution in [0.25, 0.3) is 22.6 Å². The molecule has 3 nitrogen and oxygen atoms in total. The van der Waals surface area contributed by atoms with Crippen molar-refractivity contribution >= 4 is 23.2 Å². The summed E-state index contributed by atoms with van der Waals surface area (Å²) in [5, 5.41) is 14.6. The summed E-state index contributed by atoms with van der Waals surface area (Å²) in [4.78, 5) is 0. The third kappa shape index (κ3) is 2.68. The van der Waals surface area contributed by atoms with Crippen LogP contribution < -0.4 is 0 Å². The minimum atomic E-state index is -0.177. The fraction of sp³-hybridized carbons (Fsp3) is 0.0625. The Morgan fingerprint density at radius 2 is 1.71 bits per heavy atom. The lowest BCUT2D eigenvalue weighted by molar-refractivity contribution is 0.281. The topological polar surface area (TPSA) is 46.3 Å². The smallest absolute Gasteiger partial charge is 0.173 e. The molecule has 0 saturated heterocycles. The molecule has 0 atom stereocenters. The van der Waals surface area contributed by atoms with Gasteiger partial charge in [-0.15, -0.1) is 0 Å². The number of halogens is 2. The zero-order valence-electron chi connectivity index (χ0n) is 10.9. The highest BCUT2D eigenvalue weighted by Crippen LogP contribution is 2.34. The largest absolute Gasteiger partial charge is 0.391 e. The van der Waals surface area contributed by atoms with Gasteiger partial charge in [-0.2, -0.15) is 0 Å². The fourth-order valence-electron chi connectivity index (χ4n) is 2.14. The average molecular weight is 320 g/mol. The van der Waals surface area contributed by atoms with Crippen LogP contribution in [0.15, 0.2) is 53.1 Å². The summed E-state index contributed by atoms with van der Waals surface area (Å²) >= 11 is 11.9. The van der Waals surface area contributed by atoms with Gasteiger partial charge < -0.3 is 9.63 Å². The zero-order chi connectivity index (χ0) is 14.8. The van der Waals surface area contributed by atoms with E-state index in [-0.39, 0.29) is 6.61 Å². The predicted molar refractivity (Wildman–Crippen MR) is 83.3 cm³/mol. The Labute approximate surface area is 131 Å². The highest BCUT2D eigenvalue weighted by molar-refractivity contribution is 6.42. The lowest BCUT2D eigenvalue weighted by Gasteiger charge is -2.02. The maximum atomic E-state index is 9.68.